The number of aliphatic hydroxyl groups excluding tert-OH is 1. The molecule has 20 heavy (non-hydrogen) atoms. The second-order valence-electron chi connectivity index (χ2n) is 5.35. The highest BCUT2D eigenvalue weighted by Crippen LogP contribution is 2.26. The number of amides is 1. The third kappa shape index (κ3) is 2.65. The zero-order chi connectivity index (χ0) is 14.7. The average Bonchev–Trinajstić information content (AvgIpc) is 3.00. The van der Waals surface area contributed by atoms with Crippen LogP contribution in [0.1, 0.15) is 48.8 Å². The first-order valence-corrected chi connectivity index (χ1v) is 7.33. The van der Waals surface area contributed by atoms with E-state index in [4.69, 9.17) is 10.8 Å². The van der Waals surface area contributed by atoms with Crippen LogP contribution < -0.4 is 5.73 Å². The lowest BCUT2D eigenvalue weighted by atomic mass is 10.1. The van der Waals surface area contributed by atoms with Crippen LogP contribution in [0.2, 0.25) is 0 Å². The van der Waals surface area contributed by atoms with Gasteiger partial charge in [0.15, 0.2) is 0 Å². The van der Waals surface area contributed by atoms with Gasteiger partial charge in [0.25, 0.3) is 5.91 Å². The third-order valence-electron chi connectivity index (χ3n) is 4.03. The van der Waals surface area contributed by atoms with E-state index in [2.05, 4.69) is 5.10 Å². The van der Waals surface area contributed by atoms with Gasteiger partial charge in [0, 0.05) is 26.2 Å². The summed E-state index contributed by atoms with van der Waals surface area (Å²) < 4.78 is 1.60. The molecule has 1 fully saturated rings. The predicted molar refractivity (Wildman–Crippen MR) is 77.4 cm³/mol. The van der Waals surface area contributed by atoms with E-state index in [0.29, 0.717) is 11.4 Å². The zero-order valence-corrected chi connectivity index (χ0v) is 12.3. The molecule has 6 heteroatoms. The molecule has 0 saturated carbocycles. The molecule has 1 aromatic heterocycles. The Bertz CT molecular complexity index is 484. The number of hydrogen-bond donors (Lipinski definition) is 2. The summed E-state index contributed by atoms with van der Waals surface area (Å²) in [6, 6.07) is 0.217. The molecular weight excluding hydrogens is 256 g/mol. The van der Waals surface area contributed by atoms with Crippen LogP contribution in [0.25, 0.3) is 0 Å². The number of carbonyl (C=O) groups excluding carboxylic acids is 1. The van der Waals surface area contributed by atoms with Gasteiger partial charge in [-0.05, 0) is 32.1 Å². The largest absolute Gasteiger partial charge is 0.396 e. The minimum atomic E-state index is -0.0300. The maximum absolute atomic E-state index is 12.7. The van der Waals surface area contributed by atoms with Crippen molar-refractivity contribution in [2.24, 2.45) is 7.05 Å². The first kappa shape index (κ1) is 14.8. The number of nitrogens with two attached hydrogens (primary N) is 1. The summed E-state index contributed by atoms with van der Waals surface area (Å²) >= 11 is 0. The Morgan fingerprint density at radius 3 is 2.90 bits per heavy atom. The molecule has 0 radical (unpaired) electrons. The molecule has 0 aliphatic carbocycles. The standard InChI is InChI=1S/C14H24N4O2/c1-3-11-12(15)13(17(2)16-11)14(20)18-8-4-6-10(18)7-5-9-19/h10,19H,3-9,15H2,1-2H3. The molecule has 1 aliphatic rings. The molecule has 3 N–H and O–H groups in total. The molecule has 1 saturated heterocycles. The second kappa shape index (κ2) is 6.26. The number of hydrogen-bond acceptors (Lipinski definition) is 4. The van der Waals surface area contributed by atoms with E-state index in [-0.39, 0.29) is 18.6 Å². The van der Waals surface area contributed by atoms with Crippen LogP contribution in [0, 0.1) is 0 Å². The van der Waals surface area contributed by atoms with Gasteiger partial charge >= 0.3 is 0 Å². The highest BCUT2D eigenvalue weighted by atomic mass is 16.3. The van der Waals surface area contributed by atoms with E-state index in [1.165, 1.54) is 0 Å². The van der Waals surface area contributed by atoms with Crippen LogP contribution in [0.5, 0.6) is 0 Å². The number of carbonyl (C=O) groups is 1. The summed E-state index contributed by atoms with van der Waals surface area (Å²) in [7, 11) is 1.77. The van der Waals surface area contributed by atoms with Crippen LogP contribution in [-0.2, 0) is 13.5 Å². The smallest absolute Gasteiger partial charge is 0.274 e. The quantitative estimate of drug-likeness (QED) is 0.840. The Kier molecular flexibility index (Phi) is 4.65. The van der Waals surface area contributed by atoms with Crippen LogP contribution in [0.4, 0.5) is 5.69 Å². The number of anilines is 1. The third-order valence-corrected chi connectivity index (χ3v) is 4.03. The Labute approximate surface area is 119 Å². The molecule has 1 unspecified atom stereocenters. The molecule has 1 atom stereocenters. The average molecular weight is 280 g/mol. The van der Waals surface area contributed by atoms with Crippen molar-refractivity contribution in [3.8, 4) is 0 Å². The van der Waals surface area contributed by atoms with E-state index in [1.54, 1.807) is 11.7 Å². The number of likely N-dealkylation sites (tertiary alicyclic amines) is 1. The Morgan fingerprint density at radius 2 is 2.30 bits per heavy atom. The van der Waals surface area contributed by atoms with E-state index in [1.807, 2.05) is 11.8 Å². The lowest BCUT2D eigenvalue weighted by Crippen LogP contribution is -2.37. The summed E-state index contributed by atoms with van der Waals surface area (Å²) in [5.41, 5.74) is 7.84. The molecule has 1 amide bonds. The summed E-state index contributed by atoms with van der Waals surface area (Å²) in [6.07, 6.45) is 4.32. The molecule has 1 aliphatic heterocycles. The molecule has 6 nitrogen and oxygen atoms in total. The van der Waals surface area contributed by atoms with E-state index in [9.17, 15) is 4.79 Å². The SMILES string of the molecule is CCc1nn(C)c(C(=O)N2CCCC2CCCO)c1N. The topological polar surface area (TPSA) is 84.4 Å². The molecule has 0 bridgehead atoms. The van der Waals surface area contributed by atoms with Crippen molar-refractivity contribution in [3.05, 3.63) is 11.4 Å². The van der Waals surface area contributed by atoms with E-state index >= 15 is 0 Å². The molecular formula is C14H24N4O2. The first-order valence-electron chi connectivity index (χ1n) is 7.33. The predicted octanol–water partition coefficient (Wildman–Crippen LogP) is 0.942. The van der Waals surface area contributed by atoms with Gasteiger partial charge in [0.1, 0.15) is 5.69 Å². The fourth-order valence-electron chi connectivity index (χ4n) is 2.98. The fraction of sp³-hybridized carbons (Fsp3) is 0.714. The van der Waals surface area contributed by atoms with E-state index in [0.717, 1.165) is 44.3 Å². The van der Waals surface area contributed by atoms with Crippen LogP contribution >= 0.6 is 0 Å². The van der Waals surface area contributed by atoms with Gasteiger partial charge < -0.3 is 15.7 Å². The number of aliphatic hydroxyl groups is 1. The fourth-order valence-corrected chi connectivity index (χ4v) is 2.98. The summed E-state index contributed by atoms with van der Waals surface area (Å²) in [5.74, 6) is -0.0300. The van der Waals surface area contributed by atoms with Gasteiger partial charge in [0.05, 0.1) is 11.4 Å². The molecule has 112 valence electrons. The van der Waals surface area contributed by atoms with Gasteiger partial charge in [-0.3, -0.25) is 9.48 Å². The number of aromatic nitrogens is 2. The van der Waals surface area contributed by atoms with Crippen molar-refractivity contribution in [2.75, 3.05) is 18.9 Å². The van der Waals surface area contributed by atoms with Crippen molar-refractivity contribution in [1.82, 2.24) is 14.7 Å². The van der Waals surface area contributed by atoms with Crippen molar-refractivity contribution in [2.45, 2.75) is 45.1 Å². The van der Waals surface area contributed by atoms with Crippen LogP contribution in [0.3, 0.4) is 0 Å². The molecule has 1 aromatic rings. The van der Waals surface area contributed by atoms with Crippen molar-refractivity contribution < 1.29 is 9.90 Å². The van der Waals surface area contributed by atoms with Crippen molar-refractivity contribution in [1.29, 1.82) is 0 Å². The lowest BCUT2D eigenvalue weighted by Gasteiger charge is -2.24. The second-order valence-corrected chi connectivity index (χ2v) is 5.35. The van der Waals surface area contributed by atoms with Crippen molar-refractivity contribution in [3.63, 3.8) is 0 Å². The highest BCUT2D eigenvalue weighted by Gasteiger charge is 2.32. The Hall–Kier alpha value is -1.56. The van der Waals surface area contributed by atoms with Gasteiger partial charge in [-0.15, -0.1) is 0 Å². The van der Waals surface area contributed by atoms with Gasteiger partial charge in [-0.1, -0.05) is 6.92 Å². The first-order chi connectivity index (χ1) is 9.60. The highest BCUT2D eigenvalue weighted by molar-refractivity contribution is 5.98. The Balaban J connectivity index is 2.20. The van der Waals surface area contributed by atoms with E-state index < -0.39 is 0 Å². The molecule has 0 aromatic carbocycles. The number of nitrogens with zero attached hydrogens (tertiary/aromatic N) is 3. The normalized spacial score (nSPS) is 18.8. The summed E-state index contributed by atoms with van der Waals surface area (Å²) in [5, 5.41) is 13.3. The minimum Gasteiger partial charge on any atom is -0.396 e. The molecule has 2 heterocycles. The zero-order valence-electron chi connectivity index (χ0n) is 12.3. The van der Waals surface area contributed by atoms with Crippen LogP contribution in [0.15, 0.2) is 0 Å². The van der Waals surface area contributed by atoms with Crippen molar-refractivity contribution >= 4 is 11.6 Å². The number of rotatable bonds is 5. The Morgan fingerprint density at radius 1 is 1.55 bits per heavy atom. The summed E-state index contributed by atoms with van der Waals surface area (Å²) in [4.78, 5) is 14.6. The summed E-state index contributed by atoms with van der Waals surface area (Å²) in [6.45, 7) is 2.92. The van der Waals surface area contributed by atoms with Gasteiger partial charge in [-0.25, -0.2) is 0 Å². The lowest BCUT2D eigenvalue weighted by molar-refractivity contribution is 0.0714. The van der Waals surface area contributed by atoms with Gasteiger partial charge in [0.2, 0.25) is 0 Å². The molecule has 2 rings (SSSR count). The maximum Gasteiger partial charge on any atom is 0.274 e. The van der Waals surface area contributed by atoms with Crippen LogP contribution in [-0.4, -0.2) is 44.9 Å². The number of nitrogen functional groups attached to an aromatic ring is 1. The maximum atomic E-state index is 12.7. The molecule has 0 spiro atoms. The monoisotopic (exact) mass is 280 g/mol. The van der Waals surface area contributed by atoms with Gasteiger partial charge in [-0.2, -0.15) is 5.10 Å². The number of aryl methyl sites for hydroxylation is 2. The minimum absolute atomic E-state index is 0.0300.